The van der Waals surface area contributed by atoms with Crippen LogP contribution in [0, 0.1) is 0 Å². The first-order chi connectivity index (χ1) is 16.6. The van der Waals surface area contributed by atoms with Crippen LogP contribution in [0.25, 0.3) is 21.8 Å². The van der Waals surface area contributed by atoms with Crippen molar-refractivity contribution in [2.45, 2.75) is 49.0 Å². The normalized spacial score (nSPS) is 21.1. The van der Waals surface area contributed by atoms with Crippen LogP contribution in [0.2, 0.25) is 0 Å². The molecule has 0 saturated carbocycles. The van der Waals surface area contributed by atoms with Gasteiger partial charge in [-0.15, -0.1) is 0 Å². The van der Waals surface area contributed by atoms with Crippen molar-refractivity contribution in [3.63, 3.8) is 0 Å². The molecule has 0 spiro atoms. The summed E-state index contributed by atoms with van der Waals surface area (Å²) < 4.78 is 28.6. The molecule has 4 aromatic rings. The summed E-state index contributed by atoms with van der Waals surface area (Å²) in [4.78, 5) is 13.6. The summed E-state index contributed by atoms with van der Waals surface area (Å²) in [6.07, 6.45) is 12.8. The van der Waals surface area contributed by atoms with Crippen molar-refractivity contribution in [3.8, 4) is 0 Å². The molecule has 2 aliphatic heterocycles. The Morgan fingerprint density at radius 3 is 2.76 bits per heavy atom. The fourth-order valence-corrected chi connectivity index (χ4v) is 7.62. The minimum absolute atomic E-state index is 0.0863. The van der Waals surface area contributed by atoms with E-state index in [2.05, 4.69) is 32.1 Å². The number of nitrogens with zero attached hydrogens (tertiary/aromatic N) is 3. The van der Waals surface area contributed by atoms with Gasteiger partial charge in [0, 0.05) is 42.1 Å². The molecule has 1 atom stereocenters. The molecule has 34 heavy (non-hydrogen) atoms. The third kappa shape index (κ3) is 3.93. The number of hydrogen-bond acceptors (Lipinski definition) is 4. The van der Waals surface area contributed by atoms with Gasteiger partial charge in [-0.2, -0.15) is 4.31 Å². The van der Waals surface area contributed by atoms with Crippen LogP contribution in [-0.2, 0) is 10.0 Å². The Bertz CT molecular complexity index is 1400. The molecule has 0 radical (unpaired) electrons. The van der Waals surface area contributed by atoms with E-state index in [-0.39, 0.29) is 6.04 Å². The number of rotatable bonds is 6. The van der Waals surface area contributed by atoms with E-state index < -0.39 is 10.0 Å². The van der Waals surface area contributed by atoms with Gasteiger partial charge in [-0.3, -0.25) is 4.98 Å². The molecule has 2 fully saturated rings. The number of likely N-dealkylation sites (tertiary alicyclic amines) is 1. The number of H-pyrrole nitrogens is 2. The number of aromatic nitrogens is 3. The lowest BCUT2D eigenvalue weighted by molar-refractivity contribution is 0.196. The van der Waals surface area contributed by atoms with E-state index in [9.17, 15) is 8.42 Å². The maximum atomic E-state index is 13.4. The molecular weight excluding hydrogens is 446 g/mol. The van der Waals surface area contributed by atoms with Crippen LogP contribution in [-0.4, -0.2) is 64.8 Å². The molecule has 5 heterocycles. The molecule has 0 unspecified atom stereocenters. The number of piperidine rings is 1. The van der Waals surface area contributed by atoms with Crippen LogP contribution in [0.5, 0.6) is 0 Å². The standard InChI is InChI=1S/C26H31N5O2S/c32-34(33,22-4-3-20-5-11-28-25(20)16-22)31-12-1-2-21(31)9-15-30-13-7-19(8-14-30)24-17-29-26-18-27-10-6-23(24)26/h3-6,10-11,16-19,21,28-29H,1-2,7-9,12-15H2/t21-/m1/s1. The molecule has 0 amide bonds. The second kappa shape index (κ2) is 8.83. The Kier molecular flexibility index (Phi) is 5.67. The predicted molar refractivity (Wildman–Crippen MR) is 134 cm³/mol. The minimum atomic E-state index is -3.48. The maximum Gasteiger partial charge on any atom is 0.243 e. The Morgan fingerprint density at radius 1 is 1.00 bits per heavy atom. The SMILES string of the molecule is O=S(=O)(c1ccc2cc[nH]c2c1)N1CCC[C@@H]1CCN1CCC(c2c[nH]c3cnccc23)CC1. The molecular formula is C26H31N5O2S. The van der Waals surface area contributed by atoms with Crippen LogP contribution in [0.3, 0.4) is 0 Å². The highest BCUT2D eigenvalue weighted by atomic mass is 32.2. The lowest BCUT2D eigenvalue weighted by Crippen LogP contribution is -2.40. The van der Waals surface area contributed by atoms with Crippen molar-refractivity contribution in [1.82, 2.24) is 24.2 Å². The number of aromatic amines is 2. The molecule has 2 saturated heterocycles. The van der Waals surface area contributed by atoms with Crippen molar-refractivity contribution in [2.24, 2.45) is 0 Å². The third-order valence-corrected chi connectivity index (χ3v) is 9.73. The van der Waals surface area contributed by atoms with Crippen LogP contribution in [0.15, 0.2) is 60.0 Å². The van der Waals surface area contributed by atoms with Gasteiger partial charge in [-0.05, 0) is 92.9 Å². The number of benzene rings is 1. The average Bonchev–Trinajstić information content (AvgIpc) is 3.62. The molecule has 6 rings (SSSR count). The topological polar surface area (TPSA) is 85.1 Å². The van der Waals surface area contributed by atoms with Gasteiger partial charge < -0.3 is 14.9 Å². The second-order valence-electron chi connectivity index (χ2n) is 9.71. The molecule has 2 N–H and O–H groups in total. The second-order valence-corrected chi connectivity index (χ2v) is 11.6. The largest absolute Gasteiger partial charge is 0.361 e. The van der Waals surface area contributed by atoms with E-state index >= 15 is 0 Å². The zero-order valence-electron chi connectivity index (χ0n) is 19.3. The van der Waals surface area contributed by atoms with Crippen molar-refractivity contribution in [2.75, 3.05) is 26.2 Å². The summed E-state index contributed by atoms with van der Waals surface area (Å²) in [5.41, 5.74) is 3.38. The van der Waals surface area contributed by atoms with Crippen LogP contribution in [0.4, 0.5) is 0 Å². The van der Waals surface area contributed by atoms with Gasteiger partial charge >= 0.3 is 0 Å². The van der Waals surface area contributed by atoms with Crippen molar-refractivity contribution >= 4 is 31.8 Å². The van der Waals surface area contributed by atoms with Gasteiger partial charge in [0.15, 0.2) is 0 Å². The molecule has 3 aromatic heterocycles. The quantitative estimate of drug-likeness (QED) is 0.429. The van der Waals surface area contributed by atoms with Crippen molar-refractivity contribution < 1.29 is 8.42 Å². The van der Waals surface area contributed by atoms with Crippen molar-refractivity contribution in [1.29, 1.82) is 0 Å². The summed E-state index contributed by atoms with van der Waals surface area (Å²) in [6, 6.07) is 9.55. The molecule has 2 aliphatic rings. The number of hydrogen-bond donors (Lipinski definition) is 2. The molecule has 8 heteroatoms. The van der Waals surface area contributed by atoms with Crippen molar-refractivity contribution in [3.05, 3.63) is 60.7 Å². The van der Waals surface area contributed by atoms with E-state index in [0.29, 0.717) is 17.4 Å². The fraction of sp³-hybridized carbons (Fsp3) is 0.423. The molecule has 7 nitrogen and oxygen atoms in total. The molecule has 0 bridgehead atoms. The number of sulfonamides is 1. The lowest BCUT2D eigenvalue weighted by Gasteiger charge is -2.33. The first kappa shape index (κ1) is 21.8. The van der Waals surface area contributed by atoms with Crippen LogP contribution >= 0.6 is 0 Å². The average molecular weight is 478 g/mol. The monoisotopic (exact) mass is 477 g/mol. The highest BCUT2D eigenvalue weighted by molar-refractivity contribution is 7.89. The smallest absolute Gasteiger partial charge is 0.243 e. The highest BCUT2D eigenvalue weighted by Gasteiger charge is 2.35. The summed E-state index contributed by atoms with van der Waals surface area (Å²) in [5, 5.41) is 2.32. The maximum absolute atomic E-state index is 13.4. The van der Waals surface area contributed by atoms with Crippen LogP contribution < -0.4 is 0 Å². The van der Waals surface area contributed by atoms with Gasteiger partial charge in [0.25, 0.3) is 0 Å². The molecule has 0 aliphatic carbocycles. The minimum Gasteiger partial charge on any atom is -0.361 e. The predicted octanol–water partition coefficient (Wildman–Crippen LogP) is 4.47. The Labute approximate surface area is 200 Å². The third-order valence-electron chi connectivity index (χ3n) is 7.78. The first-order valence-electron chi connectivity index (χ1n) is 12.3. The van der Waals surface area contributed by atoms with Gasteiger partial charge in [0.1, 0.15) is 0 Å². The van der Waals surface area contributed by atoms with Gasteiger partial charge in [0.2, 0.25) is 10.0 Å². The number of pyridine rings is 1. The van der Waals surface area contributed by atoms with Gasteiger partial charge in [0.05, 0.1) is 16.6 Å². The Hall–Kier alpha value is -2.68. The van der Waals surface area contributed by atoms with E-state index in [1.165, 1.54) is 10.9 Å². The highest BCUT2D eigenvalue weighted by Crippen LogP contribution is 2.34. The van der Waals surface area contributed by atoms with E-state index in [0.717, 1.165) is 68.2 Å². The summed E-state index contributed by atoms with van der Waals surface area (Å²) in [7, 11) is -3.48. The zero-order valence-corrected chi connectivity index (χ0v) is 20.1. The zero-order chi connectivity index (χ0) is 23.1. The summed E-state index contributed by atoms with van der Waals surface area (Å²) >= 11 is 0. The Balaban J connectivity index is 1.08. The number of fused-ring (bicyclic) bond motifs is 2. The van der Waals surface area contributed by atoms with E-state index in [1.54, 1.807) is 16.4 Å². The summed E-state index contributed by atoms with van der Waals surface area (Å²) in [5.74, 6) is 0.568. The molecule has 178 valence electrons. The van der Waals surface area contributed by atoms with Gasteiger partial charge in [-0.1, -0.05) is 6.07 Å². The van der Waals surface area contributed by atoms with Gasteiger partial charge in [-0.25, -0.2) is 8.42 Å². The van der Waals surface area contributed by atoms with E-state index in [4.69, 9.17) is 0 Å². The number of nitrogens with one attached hydrogen (secondary N) is 2. The first-order valence-corrected chi connectivity index (χ1v) is 13.8. The van der Waals surface area contributed by atoms with Crippen LogP contribution in [0.1, 0.15) is 43.6 Å². The Morgan fingerprint density at radius 2 is 1.88 bits per heavy atom. The lowest BCUT2D eigenvalue weighted by atomic mass is 9.89. The van der Waals surface area contributed by atoms with E-state index in [1.807, 2.05) is 30.7 Å². The fourth-order valence-electron chi connectivity index (χ4n) is 5.87. The molecule has 1 aromatic carbocycles. The summed E-state index contributed by atoms with van der Waals surface area (Å²) in [6.45, 7) is 3.70.